The van der Waals surface area contributed by atoms with Gasteiger partial charge in [-0.2, -0.15) is 4.98 Å². The van der Waals surface area contributed by atoms with E-state index in [1.54, 1.807) is 20.0 Å². The smallest absolute Gasteiger partial charge is 0.330 e. The topological polar surface area (TPSA) is 83.1 Å². The van der Waals surface area contributed by atoms with Crippen molar-refractivity contribution in [2.24, 2.45) is 0 Å². The Morgan fingerprint density at radius 1 is 1.14 bits per heavy atom. The molecule has 0 saturated heterocycles. The number of carbonyl (C=O) groups is 1. The maximum absolute atomic E-state index is 15.3. The van der Waals surface area contributed by atoms with E-state index in [2.05, 4.69) is 34.3 Å². The van der Waals surface area contributed by atoms with E-state index in [4.69, 9.17) is 9.47 Å². The molecule has 196 valence electrons. The minimum absolute atomic E-state index is 0.0918. The molecule has 2 heterocycles. The maximum atomic E-state index is 15.3. The van der Waals surface area contributed by atoms with Gasteiger partial charge in [0.05, 0.1) is 20.3 Å². The third kappa shape index (κ3) is 4.88. The van der Waals surface area contributed by atoms with Crippen LogP contribution >= 0.6 is 0 Å². The molecule has 2 aliphatic rings. The fourth-order valence-corrected chi connectivity index (χ4v) is 4.89. The summed E-state index contributed by atoms with van der Waals surface area (Å²) in [5.41, 5.74) is 0.0599. The van der Waals surface area contributed by atoms with Gasteiger partial charge in [-0.15, -0.1) is 0 Å². The number of hydrogen-bond acceptors (Lipinski definition) is 7. The second-order valence-electron chi connectivity index (χ2n) is 9.26. The summed E-state index contributed by atoms with van der Waals surface area (Å²) < 4.78 is 41.0. The highest BCUT2D eigenvalue weighted by atomic mass is 19.1. The number of amides is 2. The van der Waals surface area contributed by atoms with Crippen LogP contribution in [0, 0.1) is 11.6 Å². The van der Waals surface area contributed by atoms with E-state index in [1.807, 2.05) is 0 Å². The van der Waals surface area contributed by atoms with Gasteiger partial charge in [-0.3, -0.25) is 9.80 Å². The molecular weight excluding hydrogens is 470 g/mol. The van der Waals surface area contributed by atoms with Crippen molar-refractivity contribution in [2.45, 2.75) is 58.2 Å². The summed E-state index contributed by atoms with van der Waals surface area (Å²) in [6.45, 7) is 3.81. The molecule has 1 N–H and O–H groups in total. The summed E-state index contributed by atoms with van der Waals surface area (Å²) in [7, 11) is 5.48. The Morgan fingerprint density at radius 3 is 2.44 bits per heavy atom. The van der Waals surface area contributed by atoms with Gasteiger partial charge in [0, 0.05) is 36.5 Å². The number of benzene rings is 1. The zero-order valence-corrected chi connectivity index (χ0v) is 21.5. The lowest BCUT2D eigenvalue weighted by atomic mass is 9.91. The number of methoxy groups -OCH3 is 1. The van der Waals surface area contributed by atoms with E-state index in [0.717, 1.165) is 36.6 Å². The minimum atomic E-state index is -0.973. The number of rotatable bonds is 8. The van der Waals surface area contributed by atoms with Crippen molar-refractivity contribution >= 4 is 23.5 Å². The van der Waals surface area contributed by atoms with Crippen LogP contribution < -0.4 is 24.6 Å². The normalized spacial score (nSPS) is 19.9. The summed E-state index contributed by atoms with van der Waals surface area (Å²) in [5, 5.41) is 3.40. The lowest BCUT2D eigenvalue weighted by Gasteiger charge is -2.36. The second kappa shape index (κ2) is 10.8. The van der Waals surface area contributed by atoms with Crippen molar-refractivity contribution in [1.29, 1.82) is 0 Å². The largest absolute Gasteiger partial charge is 0.493 e. The van der Waals surface area contributed by atoms with Gasteiger partial charge in [0.2, 0.25) is 5.95 Å². The number of anilines is 3. The molecule has 4 rings (SSSR count). The van der Waals surface area contributed by atoms with E-state index in [-0.39, 0.29) is 37.2 Å². The minimum Gasteiger partial charge on any atom is -0.493 e. The molecule has 1 aromatic carbocycles. The number of hydrogen-bond donors (Lipinski definition) is 1. The summed E-state index contributed by atoms with van der Waals surface area (Å²) in [5.74, 6) is -1.45. The molecule has 1 saturated carbocycles. The molecule has 2 amide bonds. The van der Waals surface area contributed by atoms with E-state index >= 15 is 8.78 Å². The molecule has 0 spiro atoms. The number of halogens is 2. The Hall–Kier alpha value is -3.21. The van der Waals surface area contributed by atoms with Crippen LogP contribution in [-0.4, -0.2) is 67.3 Å². The van der Waals surface area contributed by atoms with E-state index in [0.29, 0.717) is 23.4 Å². The van der Waals surface area contributed by atoms with Crippen molar-refractivity contribution < 1.29 is 23.0 Å². The predicted octanol–water partition coefficient (Wildman–Crippen LogP) is 4.41. The van der Waals surface area contributed by atoms with Gasteiger partial charge >= 0.3 is 6.03 Å². The van der Waals surface area contributed by atoms with Gasteiger partial charge in [-0.05, 0) is 53.6 Å². The summed E-state index contributed by atoms with van der Waals surface area (Å²) in [4.78, 5) is 27.2. The van der Waals surface area contributed by atoms with Crippen LogP contribution in [0.3, 0.4) is 0 Å². The van der Waals surface area contributed by atoms with Crippen LogP contribution in [0.2, 0.25) is 0 Å². The fourth-order valence-electron chi connectivity index (χ4n) is 4.89. The molecule has 36 heavy (non-hydrogen) atoms. The average molecular weight is 505 g/mol. The van der Waals surface area contributed by atoms with Gasteiger partial charge in [0.25, 0.3) is 0 Å². The quantitative estimate of drug-likeness (QED) is 0.570. The number of nitrogens with one attached hydrogen (secondary N) is 1. The molecule has 1 aliphatic carbocycles. The first-order chi connectivity index (χ1) is 17.3. The first kappa shape index (κ1) is 25.9. The Bertz CT molecular complexity index is 1110. The van der Waals surface area contributed by atoms with E-state index < -0.39 is 23.4 Å². The Balaban J connectivity index is 1.62. The van der Waals surface area contributed by atoms with Crippen LogP contribution in [0.1, 0.15) is 45.1 Å². The first-order valence-corrected chi connectivity index (χ1v) is 12.4. The highest BCUT2D eigenvalue weighted by molar-refractivity contribution is 6.05. The van der Waals surface area contributed by atoms with Crippen molar-refractivity contribution in [1.82, 2.24) is 14.9 Å². The summed E-state index contributed by atoms with van der Waals surface area (Å²) >= 11 is 0. The van der Waals surface area contributed by atoms with Crippen LogP contribution in [0.15, 0.2) is 12.3 Å². The van der Waals surface area contributed by atoms with Crippen molar-refractivity contribution in [3.63, 3.8) is 0 Å². The molecule has 0 atom stereocenters. The molecule has 9 nitrogen and oxygen atoms in total. The van der Waals surface area contributed by atoms with Crippen LogP contribution in [0.5, 0.6) is 11.5 Å². The number of nitrogens with zero attached hydrogens (tertiary/aromatic N) is 5. The lowest BCUT2D eigenvalue weighted by molar-refractivity contribution is 0.221. The van der Waals surface area contributed by atoms with Gasteiger partial charge in [-0.25, -0.2) is 18.6 Å². The zero-order valence-electron chi connectivity index (χ0n) is 21.5. The number of urea groups is 1. The molecule has 0 unspecified atom stereocenters. The lowest BCUT2D eigenvalue weighted by Crippen LogP contribution is -2.48. The standard InChI is InChI=1S/C25H34F2N6O3/c1-6-32-23-15(13-28-24(30-23)29-16-8-10-17(11-9-16)31(3)4)14-33(25(32)34)22-20(26)18(35-5)12-19(21(22)27)36-7-2/h12-13,16-17H,6-11,14H2,1-5H3,(H,28,29,30). The van der Waals surface area contributed by atoms with Gasteiger partial charge in [0.15, 0.2) is 23.1 Å². The van der Waals surface area contributed by atoms with Gasteiger partial charge in [0.1, 0.15) is 11.5 Å². The second-order valence-corrected chi connectivity index (χ2v) is 9.26. The van der Waals surface area contributed by atoms with Crippen LogP contribution in [0.25, 0.3) is 0 Å². The SMILES string of the molecule is CCOc1cc(OC)c(F)c(N2Cc3cnc(NC4CCC(N(C)C)CC4)nc3N(CC)C2=O)c1F. The van der Waals surface area contributed by atoms with E-state index in [9.17, 15) is 4.79 Å². The highest BCUT2D eigenvalue weighted by Gasteiger charge is 2.37. The molecule has 0 bridgehead atoms. The average Bonchev–Trinajstić information content (AvgIpc) is 2.86. The van der Waals surface area contributed by atoms with Crippen LogP contribution in [0.4, 0.5) is 31.0 Å². The van der Waals surface area contributed by atoms with Crippen molar-refractivity contribution in [2.75, 3.05) is 49.5 Å². The maximum Gasteiger partial charge on any atom is 0.330 e. The molecule has 2 aromatic rings. The molecule has 11 heteroatoms. The van der Waals surface area contributed by atoms with Crippen molar-refractivity contribution in [3.05, 3.63) is 29.5 Å². The zero-order chi connectivity index (χ0) is 26.0. The van der Waals surface area contributed by atoms with Gasteiger partial charge < -0.3 is 19.7 Å². The molecule has 1 fully saturated rings. The predicted molar refractivity (Wildman–Crippen MR) is 134 cm³/mol. The van der Waals surface area contributed by atoms with Crippen LogP contribution in [-0.2, 0) is 6.54 Å². The monoisotopic (exact) mass is 504 g/mol. The highest BCUT2D eigenvalue weighted by Crippen LogP contribution is 2.40. The Kier molecular flexibility index (Phi) is 7.77. The van der Waals surface area contributed by atoms with Crippen molar-refractivity contribution in [3.8, 4) is 11.5 Å². The first-order valence-electron chi connectivity index (χ1n) is 12.4. The number of ether oxygens (including phenoxy) is 2. The summed E-state index contributed by atoms with van der Waals surface area (Å²) in [6.07, 6.45) is 5.79. The molecule has 1 aromatic heterocycles. The molecule has 1 aliphatic heterocycles. The Morgan fingerprint density at radius 2 is 1.83 bits per heavy atom. The fraction of sp³-hybridized carbons (Fsp3) is 0.560. The summed E-state index contributed by atoms with van der Waals surface area (Å²) in [6, 6.07) is 1.38. The molecule has 0 radical (unpaired) electrons. The number of fused-ring (bicyclic) bond motifs is 1. The van der Waals surface area contributed by atoms with Gasteiger partial charge in [-0.1, -0.05) is 0 Å². The Labute approximate surface area is 210 Å². The third-order valence-corrected chi connectivity index (χ3v) is 6.86. The number of aromatic nitrogens is 2. The van der Waals surface area contributed by atoms with E-state index in [1.165, 1.54) is 12.0 Å². The third-order valence-electron chi connectivity index (χ3n) is 6.86. The molecular formula is C25H34F2N6O3. The number of carbonyl (C=O) groups excluding carboxylic acids is 1.